The van der Waals surface area contributed by atoms with E-state index in [9.17, 15) is 4.79 Å². The molecule has 0 bridgehead atoms. The van der Waals surface area contributed by atoms with Gasteiger partial charge >= 0.3 is 0 Å². The van der Waals surface area contributed by atoms with Gasteiger partial charge in [0.1, 0.15) is 5.75 Å². The van der Waals surface area contributed by atoms with Crippen LogP contribution in [0.15, 0.2) is 59.5 Å². The first-order valence-electron chi connectivity index (χ1n) is 7.80. The Labute approximate surface area is 142 Å². The summed E-state index contributed by atoms with van der Waals surface area (Å²) in [4.78, 5) is 13.5. The highest BCUT2D eigenvalue weighted by atomic mass is 32.2. The third kappa shape index (κ3) is 5.03. The summed E-state index contributed by atoms with van der Waals surface area (Å²) in [6.07, 6.45) is 0.871. The predicted molar refractivity (Wildman–Crippen MR) is 95.9 cm³/mol. The van der Waals surface area contributed by atoms with E-state index < -0.39 is 0 Å². The van der Waals surface area contributed by atoms with Crippen molar-refractivity contribution in [2.75, 3.05) is 7.11 Å². The van der Waals surface area contributed by atoms with Crippen molar-refractivity contribution in [2.45, 2.75) is 36.5 Å². The van der Waals surface area contributed by atoms with Gasteiger partial charge in [0.2, 0.25) is 5.91 Å². The van der Waals surface area contributed by atoms with Crippen molar-refractivity contribution in [3.05, 3.63) is 60.2 Å². The Hall–Kier alpha value is -1.94. The van der Waals surface area contributed by atoms with Crippen molar-refractivity contribution in [2.24, 2.45) is 0 Å². The molecule has 1 amide bonds. The maximum absolute atomic E-state index is 12.5. The monoisotopic (exact) mass is 329 g/mol. The molecular weight excluding hydrogens is 306 g/mol. The minimum atomic E-state index is -0.152. The molecule has 2 aromatic carbocycles. The minimum Gasteiger partial charge on any atom is -0.497 e. The fraction of sp³-hybridized carbons (Fsp3) is 0.316. The largest absolute Gasteiger partial charge is 0.497 e. The summed E-state index contributed by atoms with van der Waals surface area (Å²) >= 11 is 1.55. The van der Waals surface area contributed by atoms with Crippen LogP contribution in [0.2, 0.25) is 0 Å². The van der Waals surface area contributed by atoms with Crippen LogP contribution < -0.4 is 10.1 Å². The first-order chi connectivity index (χ1) is 11.1. The van der Waals surface area contributed by atoms with Gasteiger partial charge in [0, 0.05) is 4.90 Å². The van der Waals surface area contributed by atoms with Gasteiger partial charge in [0.15, 0.2) is 0 Å². The van der Waals surface area contributed by atoms with Crippen LogP contribution in [0.3, 0.4) is 0 Å². The fourth-order valence-corrected chi connectivity index (χ4v) is 3.18. The number of hydrogen-bond acceptors (Lipinski definition) is 3. The highest BCUT2D eigenvalue weighted by Gasteiger charge is 2.18. The van der Waals surface area contributed by atoms with E-state index in [1.807, 2.05) is 49.4 Å². The van der Waals surface area contributed by atoms with E-state index in [0.29, 0.717) is 0 Å². The minimum absolute atomic E-state index is 0.0570. The highest BCUT2D eigenvalue weighted by Crippen LogP contribution is 2.26. The number of carbonyl (C=O) groups is 1. The van der Waals surface area contributed by atoms with E-state index in [0.717, 1.165) is 22.6 Å². The van der Waals surface area contributed by atoms with E-state index in [4.69, 9.17) is 4.74 Å². The molecule has 2 aromatic rings. The van der Waals surface area contributed by atoms with Crippen LogP contribution in [0.5, 0.6) is 5.75 Å². The van der Waals surface area contributed by atoms with Gasteiger partial charge < -0.3 is 10.1 Å². The van der Waals surface area contributed by atoms with Crippen molar-refractivity contribution >= 4 is 17.7 Å². The molecule has 23 heavy (non-hydrogen) atoms. The summed E-state index contributed by atoms with van der Waals surface area (Å²) in [5, 5.41) is 2.99. The summed E-state index contributed by atoms with van der Waals surface area (Å²) < 4.78 is 5.15. The quantitative estimate of drug-likeness (QED) is 0.763. The molecule has 0 aliphatic rings. The number of hydrogen-bond donors (Lipinski definition) is 1. The van der Waals surface area contributed by atoms with Crippen LogP contribution in [-0.2, 0) is 4.79 Å². The van der Waals surface area contributed by atoms with Crippen molar-refractivity contribution in [1.29, 1.82) is 0 Å². The second-order valence-corrected chi connectivity index (χ2v) is 6.73. The number of benzene rings is 2. The predicted octanol–water partition coefficient (Wildman–Crippen LogP) is 4.44. The molecule has 0 aliphatic heterocycles. The summed E-state index contributed by atoms with van der Waals surface area (Å²) in [6.45, 7) is 4.02. The second kappa shape index (κ2) is 8.63. The standard InChI is InChI=1S/C19H23NO2S/c1-4-18(15-8-6-5-7-9-15)20-19(21)14(2)23-17-12-10-16(22-3)11-13-17/h5-14,18H,4H2,1-3H3,(H,20,21)/t14-,18-/m1/s1. The molecule has 0 saturated heterocycles. The van der Waals surface area contributed by atoms with E-state index in [1.165, 1.54) is 0 Å². The SMILES string of the molecule is CC[C@@H](NC(=O)[C@@H](C)Sc1ccc(OC)cc1)c1ccccc1. The van der Waals surface area contributed by atoms with E-state index in [1.54, 1.807) is 18.9 Å². The molecule has 2 atom stereocenters. The Kier molecular flexibility index (Phi) is 6.53. The lowest BCUT2D eigenvalue weighted by molar-refractivity contribution is -0.121. The number of ether oxygens (including phenoxy) is 1. The summed E-state index contributed by atoms with van der Waals surface area (Å²) in [6, 6.07) is 17.9. The molecule has 0 aliphatic carbocycles. The average molecular weight is 329 g/mol. The maximum Gasteiger partial charge on any atom is 0.233 e. The van der Waals surface area contributed by atoms with Gasteiger partial charge in [-0.15, -0.1) is 11.8 Å². The Morgan fingerprint density at radius 3 is 2.35 bits per heavy atom. The Balaban J connectivity index is 1.95. The summed E-state index contributed by atoms with van der Waals surface area (Å²) in [5.41, 5.74) is 1.14. The topological polar surface area (TPSA) is 38.3 Å². The van der Waals surface area contributed by atoms with Gasteiger partial charge in [0.25, 0.3) is 0 Å². The second-order valence-electron chi connectivity index (χ2n) is 5.32. The van der Waals surface area contributed by atoms with Gasteiger partial charge in [-0.1, -0.05) is 37.3 Å². The normalized spacial score (nSPS) is 13.2. The molecule has 0 radical (unpaired) electrons. The molecule has 2 rings (SSSR count). The summed E-state index contributed by atoms with van der Waals surface area (Å²) in [5.74, 6) is 0.878. The zero-order valence-electron chi connectivity index (χ0n) is 13.8. The van der Waals surface area contributed by atoms with Crippen molar-refractivity contribution in [1.82, 2.24) is 5.32 Å². The lowest BCUT2D eigenvalue weighted by atomic mass is 10.0. The van der Waals surface area contributed by atoms with E-state index >= 15 is 0 Å². The molecule has 0 aromatic heterocycles. The number of amides is 1. The van der Waals surface area contributed by atoms with Crippen molar-refractivity contribution < 1.29 is 9.53 Å². The van der Waals surface area contributed by atoms with E-state index in [-0.39, 0.29) is 17.2 Å². The van der Waals surface area contributed by atoms with Crippen molar-refractivity contribution in [3.8, 4) is 5.75 Å². The third-order valence-corrected chi connectivity index (χ3v) is 4.78. The molecule has 0 saturated carbocycles. The zero-order valence-corrected chi connectivity index (χ0v) is 14.6. The van der Waals surface area contributed by atoms with Gasteiger partial charge in [-0.05, 0) is 43.2 Å². The maximum atomic E-state index is 12.5. The number of thioether (sulfide) groups is 1. The molecule has 0 unspecified atom stereocenters. The molecule has 3 nitrogen and oxygen atoms in total. The molecule has 0 fully saturated rings. The molecule has 0 spiro atoms. The molecule has 1 N–H and O–H groups in total. The highest BCUT2D eigenvalue weighted by molar-refractivity contribution is 8.00. The molecule has 122 valence electrons. The zero-order chi connectivity index (χ0) is 16.7. The third-order valence-electron chi connectivity index (χ3n) is 3.67. The van der Waals surface area contributed by atoms with Crippen molar-refractivity contribution in [3.63, 3.8) is 0 Å². The van der Waals surface area contributed by atoms with Crippen LogP contribution in [0.25, 0.3) is 0 Å². The molecule has 4 heteroatoms. The summed E-state index contributed by atoms with van der Waals surface area (Å²) in [7, 11) is 1.65. The number of carbonyl (C=O) groups excluding carboxylic acids is 1. The van der Waals surface area contributed by atoms with Crippen LogP contribution in [0.1, 0.15) is 31.9 Å². The first-order valence-corrected chi connectivity index (χ1v) is 8.68. The number of rotatable bonds is 7. The van der Waals surface area contributed by atoms with Gasteiger partial charge in [-0.25, -0.2) is 0 Å². The Morgan fingerprint density at radius 1 is 1.13 bits per heavy atom. The van der Waals surface area contributed by atoms with Gasteiger partial charge in [0.05, 0.1) is 18.4 Å². The van der Waals surface area contributed by atoms with Crippen LogP contribution in [-0.4, -0.2) is 18.3 Å². The Morgan fingerprint density at radius 2 is 1.78 bits per heavy atom. The fourth-order valence-electron chi connectivity index (χ4n) is 2.31. The van der Waals surface area contributed by atoms with E-state index in [2.05, 4.69) is 24.4 Å². The first kappa shape index (κ1) is 17.4. The number of nitrogens with one attached hydrogen (secondary N) is 1. The van der Waals surface area contributed by atoms with Gasteiger partial charge in [-0.2, -0.15) is 0 Å². The van der Waals surface area contributed by atoms with Crippen LogP contribution in [0, 0.1) is 0 Å². The molecular formula is C19H23NO2S. The van der Waals surface area contributed by atoms with Gasteiger partial charge in [-0.3, -0.25) is 4.79 Å². The lowest BCUT2D eigenvalue weighted by Gasteiger charge is -2.20. The Bertz CT molecular complexity index is 613. The lowest BCUT2D eigenvalue weighted by Crippen LogP contribution is -2.34. The average Bonchev–Trinajstić information content (AvgIpc) is 2.60. The number of methoxy groups -OCH3 is 1. The molecule has 0 heterocycles. The smallest absolute Gasteiger partial charge is 0.233 e. The van der Waals surface area contributed by atoms with Crippen LogP contribution in [0.4, 0.5) is 0 Å². The van der Waals surface area contributed by atoms with Crippen LogP contribution >= 0.6 is 11.8 Å².